The number of thiophene rings is 1. The van der Waals surface area contributed by atoms with E-state index in [1.165, 1.54) is 28.8 Å². The van der Waals surface area contributed by atoms with Crippen molar-refractivity contribution < 1.29 is 13.2 Å². The molecule has 0 aliphatic rings. The molecular weight excluding hydrogens is 476 g/mol. The maximum Gasteiger partial charge on any atom is 0.252 e. The van der Waals surface area contributed by atoms with Gasteiger partial charge in [0, 0.05) is 21.7 Å². The molecule has 0 fully saturated rings. The van der Waals surface area contributed by atoms with E-state index in [1.807, 2.05) is 18.2 Å². The van der Waals surface area contributed by atoms with Gasteiger partial charge < -0.3 is 5.32 Å². The molecule has 170 valence electrons. The maximum atomic E-state index is 12.9. The molecule has 0 bridgehead atoms. The van der Waals surface area contributed by atoms with Gasteiger partial charge in [0.25, 0.3) is 5.91 Å². The third kappa shape index (κ3) is 5.25. The van der Waals surface area contributed by atoms with Gasteiger partial charge in [-0.3, -0.25) is 4.79 Å². The molecule has 0 spiro atoms. The summed E-state index contributed by atoms with van der Waals surface area (Å²) in [6.07, 6.45) is 2.12. The molecule has 0 saturated heterocycles. The highest BCUT2D eigenvalue weighted by molar-refractivity contribution is 7.99. The maximum absolute atomic E-state index is 12.9. The normalized spacial score (nSPS) is 11.6. The van der Waals surface area contributed by atoms with Crippen LogP contribution in [0.15, 0.2) is 69.7 Å². The molecule has 4 rings (SSSR count). The van der Waals surface area contributed by atoms with Crippen LogP contribution in [0.4, 0.5) is 0 Å². The summed E-state index contributed by atoms with van der Waals surface area (Å²) < 4.78 is 22.7. The predicted octanol–water partition coefficient (Wildman–Crippen LogP) is 4.08. The number of nitrogens with two attached hydrogens (primary N) is 1. The average Bonchev–Trinajstić information content (AvgIpc) is 3.08. The van der Waals surface area contributed by atoms with Crippen molar-refractivity contribution in [2.45, 2.75) is 35.1 Å². The third-order valence-electron chi connectivity index (χ3n) is 5.22. The van der Waals surface area contributed by atoms with Gasteiger partial charge >= 0.3 is 0 Å². The number of primary sulfonamides is 1. The number of hydrogen-bond acceptors (Lipinski definition) is 7. The summed E-state index contributed by atoms with van der Waals surface area (Å²) >= 11 is 3.10. The second kappa shape index (κ2) is 9.60. The highest BCUT2D eigenvalue weighted by Gasteiger charge is 2.17. The number of aryl methyl sites for hydroxylation is 2. The summed E-state index contributed by atoms with van der Waals surface area (Å²) in [7, 11) is -3.72. The van der Waals surface area contributed by atoms with Gasteiger partial charge in [0.1, 0.15) is 16.2 Å². The van der Waals surface area contributed by atoms with Crippen molar-refractivity contribution in [3.8, 4) is 0 Å². The van der Waals surface area contributed by atoms with E-state index in [0.29, 0.717) is 18.5 Å². The lowest BCUT2D eigenvalue weighted by Crippen LogP contribution is -2.26. The predicted molar refractivity (Wildman–Crippen MR) is 131 cm³/mol. The lowest BCUT2D eigenvalue weighted by molar-refractivity contribution is 0.0951. The number of hydrogen-bond donors (Lipinski definition) is 2. The molecule has 2 heterocycles. The number of sulfonamides is 1. The minimum Gasteiger partial charge on any atom is -0.352 e. The number of benzene rings is 2. The van der Waals surface area contributed by atoms with Gasteiger partial charge in [-0.25, -0.2) is 23.5 Å². The van der Waals surface area contributed by atoms with E-state index < -0.39 is 10.0 Å². The minimum absolute atomic E-state index is 0.0659. The number of carbonyl (C=O) groups is 1. The second-order valence-electron chi connectivity index (χ2n) is 7.44. The summed E-state index contributed by atoms with van der Waals surface area (Å²) in [6, 6.07) is 13.8. The van der Waals surface area contributed by atoms with Crippen molar-refractivity contribution in [3.63, 3.8) is 0 Å². The van der Waals surface area contributed by atoms with E-state index in [0.717, 1.165) is 31.3 Å². The molecule has 2 aromatic heterocycles. The summed E-state index contributed by atoms with van der Waals surface area (Å²) in [5.74, 6) is -0.178. The summed E-state index contributed by atoms with van der Waals surface area (Å²) in [4.78, 5) is 24.8. The van der Waals surface area contributed by atoms with Crippen LogP contribution in [0, 0.1) is 13.8 Å². The van der Waals surface area contributed by atoms with Gasteiger partial charge in [0.15, 0.2) is 0 Å². The number of fused-ring (bicyclic) bond motifs is 1. The summed E-state index contributed by atoms with van der Waals surface area (Å²) in [5.41, 5.74) is 2.63. The van der Waals surface area contributed by atoms with Crippen LogP contribution in [0.1, 0.15) is 26.4 Å². The van der Waals surface area contributed by atoms with Crippen LogP contribution >= 0.6 is 23.1 Å². The van der Waals surface area contributed by atoms with Gasteiger partial charge in [0.2, 0.25) is 10.0 Å². The molecular formula is C23H22N4O3S3. The quantitative estimate of drug-likeness (QED) is 0.371. The number of nitrogens with one attached hydrogen (secondary N) is 1. The van der Waals surface area contributed by atoms with Crippen LogP contribution in [0.25, 0.3) is 10.2 Å². The monoisotopic (exact) mass is 498 g/mol. The van der Waals surface area contributed by atoms with Crippen LogP contribution in [0.2, 0.25) is 0 Å². The Morgan fingerprint density at radius 2 is 1.82 bits per heavy atom. The van der Waals surface area contributed by atoms with Gasteiger partial charge in [-0.05, 0) is 55.7 Å². The summed E-state index contributed by atoms with van der Waals surface area (Å²) in [5, 5.41) is 9.93. The fraction of sp³-hybridized carbons (Fsp3) is 0.174. The highest BCUT2D eigenvalue weighted by atomic mass is 32.2. The zero-order valence-electron chi connectivity index (χ0n) is 18.0. The fourth-order valence-corrected chi connectivity index (χ4v) is 5.99. The van der Waals surface area contributed by atoms with Gasteiger partial charge in [-0.15, -0.1) is 11.3 Å². The van der Waals surface area contributed by atoms with E-state index in [4.69, 9.17) is 5.14 Å². The number of aromatic nitrogens is 2. The highest BCUT2D eigenvalue weighted by Crippen LogP contribution is 2.38. The van der Waals surface area contributed by atoms with Crippen molar-refractivity contribution in [3.05, 3.63) is 76.4 Å². The topological polar surface area (TPSA) is 115 Å². The van der Waals surface area contributed by atoms with E-state index >= 15 is 0 Å². The Hall–Kier alpha value is -2.79. The molecule has 7 nitrogen and oxygen atoms in total. The minimum atomic E-state index is -3.72. The smallest absolute Gasteiger partial charge is 0.252 e. The number of rotatable bonds is 7. The Balaban J connectivity index is 1.47. The number of amides is 1. The van der Waals surface area contributed by atoms with Crippen LogP contribution in [-0.2, 0) is 16.4 Å². The molecule has 33 heavy (non-hydrogen) atoms. The first kappa shape index (κ1) is 23.4. The van der Waals surface area contributed by atoms with Crippen molar-refractivity contribution in [2.24, 2.45) is 5.14 Å². The van der Waals surface area contributed by atoms with Crippen molar-refractivity contribution in [1.82, 2.24) is 15.3 Å². The zero-order valence-corrected chi connectivity index (χ0v) is 20.5. The van der Waals surface area contributed by atoms with Crippen LogP contribution < -0.4 is 10.5 Å². The molecule has 0 radical (unpaired) electrons. The Labute approximate surface area is 200 Å². The Kier molecular flexibility index (Phi) is 6.80. The van der Waals surface area contributed by atoms with Crippen molar-refractivity contribution in [2.75, 3.05) is 6.54 Å². The number of carbonyl (C=O) groups excluding carboxylic acids is 1. The first-order valence-corrected chi connectivity index (χ1v) is 13.3. The van der Waals surface area contributed by atoms with E-state index in [9.17, 15) is 13.2 Å². The Bertz CT molecular complexity index is 1430. The molecule has 3 N–H and O–H groups in total. The molecule has 0 saturated carbocycles. The molecule has 1 amide bonds. The van der Waals surface area contributed by atoms with E-state index in [1.54, 1.807) is 35.9 Å². The van der Waals surface area contributed by atoms with Gasteiger partial charge in [0.05, 0.1) is 10.5 Å². The second-order valence-corrected chi connectivity index (χ2v) is 11.2. The molecule has 2 aromatic carbocycles. The molecule has 10 heteroatoms. The van der Waals surface area contributed by atoms with Crippen LogP contribution in [0.5, 0.6) is 0 Å². The Morgan fingerprint density at radius 1 is 1.09 bits per heavy atom. The first-order valence-electron chi connectivity index (χ1n) is 10.1. The molecule has 0 aliphatic heterocycles. The zero-order chi connectivity index (χ0) is 23.6. The average molecular weight is 499 g/mol. The fourth-order valence-electron chi connectivity index (χ4n) is 3.34. The third-order valence-corrected chi connectivity index (χ3v) is 8.34. The van der Waals surface area contributed by atoms with E-state index in [2.05, 4.69) is 29.1 Å². The van der Waals surface area contributed by atoms with Gasteiger partial charge in [-0.2, -0.15) is 0 Å². The number of nitrogens with zero attached hydrogens (tertiary/aromatic N) is 2. The van der Waals surface area contributed by atoms with Crippen LogP contribution in [0.3, 0.4) is 0 Å². The van der Waals surface area contributed by atoms with E-state index in [-0.39, 0.29) is 10.8 Å². The van der Waals surface area contributed by atoms with Gasteiger partial charge in [-0.1, -0.05) is 36.0 Å². The van der Waals surface area contributed by atoms with Crippen molar-refractivity contribution >= 4 is 49.2 Å². The SMILES string of the molecule is Cc1sc2ncnc(Sc3ccccc3C(=O)NCCc3ccc(S(N)(=O)=O)cc3)c2c1C. The molecule has 0 unspecified atom stereocenters. The van der Waals surface area contributed by atoms with Crippen molar-refractivity contribution in [1.29, 1.82) is 0 Å². The molecule has 0 atom stereocenters. The largest absolute Gasteiger partial charge is 0.352 e. The standard InChI is InChI=1S/C23H22N4O3S3/c1-14-15(2)31-22-20(14)23(27-13-26-22)32-19-6-4-3-5-18(19)21(28)25-12-11-16-7-9-17(10-8-16)33(24,29)30/h3-10,13H,11-12H2,1-2H3,(H,25,28)(H2,24,29,30). The lowest BCUT2D eigenvalue weighted by atomic mass is 10.1. The van der Waals surface area contributed by atoms with Crippen LogP contribution in [-0.4, -0.2) is 30.8 Å². The molecule has 0 aliphatic carbocycles. The summed E-state index contributed by atoms with van der Waals surface area (Å²) in [6.45, 7) is 4.54. The Morgan fingerprint density at radius 3 is 2.55 bits per heavy atom. The molecule has 4 aromatic rings. The lowest BCUT2D eigenvalue weighted by Gasteiger charge is -2.10. The first-order chi connectivity index (χ1) is 15.7.